The van der Waals surface area contributed by atoms with Crippen molar-refractivity contribution in [3.8, 4) is 0 Å². The van der Waals surface area contributed by atoms with Crippen LogP contribution in [-0.2, 0) is 9.53 Å². The van der Waals surface area contributed by atoms with Gasteiger partial charge in [0.2, 0.25) is 0 Å². The molecule has 4 nitrogen and oxygen atoms in total. The van der Waals surface area contributed by atoms with Gasteiger partial charge in [-0.3, -0.25) is 4.79 Å². The highest BCUT2D eigenvalue weighted by molar-refractivity contribution is 5.75. The van der Waals surface area contributed by atoms with Crippen molar-refractivity contribution in [3.05, 3.63) is 0 Å². The van der Waals surface area contributed by atoms with E-state index >= 15 is 0 Å². The van der Waals surface area contributed by atoms with Crippen LogP contribution in [0, 0.1) is 5.41 Å². The van der Waals surface area contributed by atoms with Crippen molar-refractivity contribution in [2.24, 2.45) is 5.41 Å². The zero-order valence-electron chi connectivity index (χ0n) is 7.30. The van der Waals surface area contributed by atoms with Gasteiger partial charge in [0, 0.05) is 13.7 Å². The summed E-state index contributed by atoms with van der Waals surface area (Å²) in [6.45, 7) is 1.74. The lowest BCUT2D eigenvalue weighted by Crippen LogP contribution is -2.48. The second-order valence-corrected chi connectivity index (χ2v) is 3.30. The van der Waals surface area contributed by atoms with Crippen LogP contribution in [0.1, 0.15) is 12.8 Å². The molecular weight excluding hydrogens is 158 g/mol. The van der Waals surface area contributed by atoms with Crippen molar-refractivity contribution in [2.45, 2.75) is 12.8 Å². The smallest absolute Gasteiger partial charge is 0.313 e. The molecule has 1 atom stereocenters. The minimum absolute atomic E-state index is 0.301. The number of methoxy groups -OCH3 is 1. The van der Waals surface area contributed by atoms with Crippen LogP contribution in [0.15, 0.2) is 0 Å². The summed E-state index contributed by atoms with van der Waals surface area (Å²) in [5.74, 6) is -0.753. The van der Waals surface area contributed by atoms with Gasteiger partial charge >= 0.3 is 5.97 Å². The summed E-state index contributed by atoms with van der Waals surface area (Å²) >= 11 is 0. The third-order valence-corrected chi connectivity index (χ3v) is 2.35. The minimum atomic E-state index is -0.753. The Morgan fingerprint density at radius 3 is 2.92 bits per heavy atom. The van der Waals surface area contributed by atoms with E-state index < -0.39 is 11.4 Å². The SMILES string of the molecule is COCC1(C(=O)O)CCCNC1. The largest absolute Gasteiger partial charge is 0.481 e. The monoisotopic (exact) mass is 173 g/mol. The maximum Gasteiger partial charge on any atom is 0.313 e. The Hall–Kier alpha value is -0.610. The quantitative estimate of drug-likeness (QED) is 0.635. The minimum Gasteiger partial charge on any atom is -0.481 e. The van der Waals surface area contributed by atoms with Crippen molar-refractivity contribution in [2.75, 3.05) is 26.8 Å². The Morgan fingerprint density at radius 2 is 2.50 bits per heavy atom. The molecular formula is C8H15NO3. The number of carboxylic acid groups (broad SMARTS) is 1. The van der Waals surface area contributed by atoms with E-state index in [-0.39, 0.29) is 0 Å². The molecule has 1 fully saturated rings. The van der Waals surface area contributed by atoms with Crippen LogP contribution < -0.4 is 5.32 Å². The summed E-state index contributed by atoms with van der Waals surface area (Å²) in [6.07, 6.45) is 1.62. The molecule has 1 saturated heterocycles. The van der Waals surface area contributed by atoms with Gasteiger partial charge in [0.25, 0.3) is 0 Å². The van der Waals surface area contributed by atoms with E-state index in [9.17, 15) is 4.79 Å². The molecule has 12 heavy (non-hydrogen) atoms. The summed E-state index contributed by atoms with van der Waals surface area (Å²) in [7, 11) is 1.54. The summed E-state index contributed by atoms with van der Waals surface area (Å²) in [5, 5.41) is 12.1. The van der Waals surface area contributed by atoms with E-state index in [0.29, 0.717) is 19.6 Å². The summed E-state index contributed by atoms with van der Waals surface area (Å²) in [6, 6.07) is 0. The number of hydrogen-bond acceptors (Lipinski definition) is 3. The molecule has 1 rings (SSSR count). The fraction of sp³-hybridized carbons (Fsp3) is 0.875. The van der Waals surface area contributed by atoms with Gasteiger partial charge in [-0.05, 0) is 19.4 Å². The highest BCUT2D eigenvalue weighted by Gasteiger charge is 2.39. The molecule has 0 saturated carbocycles. The molecule has 0 aromatic rings. The number of rotatable bonds is 3. The number of carbonyl (C=O) groups is 1. The van der Waals surface area contributed by atoms with Crippen molar-refractivity contribution in [3.63, 3.8) is 0 Å². The molecule has 0 spiro atoms. The van der Waals surface area contributed by atoms with Crippen LogP contribution in [0.25, 0.3) is 0 Å². The molecule has 70 valence electrons. The molecule has 0 amide bonds. The van der Waals surface area contributed by atoms with Crippen LogP contribution in [0.5, 0.6) is 0 Å². The summed E-state index contributed by atoms with van der Waals surface area (Å²) < 4.78 is 4.93. The van der Waals surface area contributed by atoms with Crippen LogP contribution in [0.2, 0.25) is 0 Å². The number of ether oxygens (including phenoxy) is 1. The predicted molar refractivity (Wildman–Crippen MR) is 44.0 cm³/mol. The molecule has 1 unspecified atom stereocenters. The molecule has 0 aromatic heterocycles. The lowest BCUT2D eigenvalue weighted by Gasteiger charge is -2.32. The number of aliphatic carboxylic acids is 1. The Morgan fingerprint density at radius 1 is 1.75 bits per heavy atom. The second kappa shape index (κ2) is 3.87. The van der Waals surface area contributed by atoms with E-state index in [1.165, 1.54) is 0 Å². The van der Waals surface area contributed by atoms with Crippen LogP contribution in [0.4, 0.5) is 0 Å². The van der Waals surface area contributed by atoms with Crippen molar-refractivity contribution >= 4 is 5.97 Å². The summed E-state index contributed by atoms with van der Waals surface area (Å²) in [4.78, 5) is 10.9. The molecule has 4 heteroatoms. The standard InChI is InChI=1S/C8H15NO3/c1-12-6-8(7(10)11)3-2-4-9-5-8/h9H,2-6H2,1H3,(H,10,11). The average Bonchev–Trinajstić information content (AvgIpc) is 2.06. The fourth-order valence-electron chi connectivity index (χ4n) is 1.61. The van der Waals surface area contributed by atoms with Crippen molar-refractivity contribution < 1.29 is 14.6 Å². The normalized spacial score (nSPS) is 30.1. The molecule has 0 aliphatic carbocycles. The first-order valence-corrected chi connectivity index (χ1v) is 4.14. The Balaban J connectivity index is 2.63. The van der Waals surface area contributed by atoms with E-state index in [1.54, 1.807) is 7.11 Å². The fourth-order valence-corrected chi connectivity index (χ4v) is 1.61. The van der Waals surface area contributed by atoms with E-state index in [0.717, 1.165) is 13.0 Å². The first kappa shape index (κ1) is 9.48. The van der Waals surface area contributed by atoms with Gasteiger partial charge in [-0.25, -0.2) is 0 Å². The lowest BCUT2D eigenvalue weighted by molar-refractivity contribution is -0.153. The zero-order chi connectivity index (χ0) is 9.03. The van der Waals surface area contributed by atoms with Gasteiger partial charge in [-0.2, -0.15) is 0 Å². The molecule has 1 aliphatic heterocycles. The highest BCUT2D eigenvalue weighted by atomic mass is 16.5. The molecule has 2 N–H and O–H groups in total. The first-order valence-electron chi connectivity index (χ1n) is 4.14. The first-order chi connectivity index (χ1) is 5.71. The lowest BCUT2D eigenvalue weighted by atomic mass is 9.81. The highest BCUT2D eigenvalue weighted by Crippen LogP contribution is 2.26. The number of nitrogens with one attached hydrogen (secondary N) is 1. The second-order valence-electron chi connectivity index (χ2n) is 3.30. The van der Waals surface area contributed by atoms with Crippen LogP contribution in [0.3, 0.4) is 0 Å². The molecule has 1 aliphatic rings. The molecule has 0 aromatic carbocycles. The number of piperidine rings is 1. The summed E-state index contributed by atoms with van der Waals surface area (Å²) in [5.41, 5.74) is -0.688. The van der Waals surface area contributed by atoms with Crippen molar-refractivity contribution in [1.29, 1.82) is 0 Å². The van der Waals surface area contributed by atoms with Crippen LogP contribution >= 0.6 is 0 Å². The van der Waals surface area contributed by atoms with Gasteiger partial charge in [0.15, 0.2) is 0 Å². The third-order valence-electron chi connectivity index (χ3n) is 2.35. The van der Waals surface area contributed by atoms with Crippen molar-refractivity contribution in [1.82, 2.24) is 5.32 Å². The van der Waals surface area contributed by atoms with Gasteiger partial charge < -0.3 is 15.2 Å². The van der Waals surface area contributed by atoms with Crippen LogP contribution in [-0.4, -0.2) is 37.9 Å². The molecule has 1 heterocycles. The maximum atomic E-state index is 10.9. The third kappa shape index (κ3) is 1.76. The number of carboxylic acids is 1. The average molecular weight is 173 g/mol. The predicted octanol–water partition coefficient (Wildman–Crippen LogP) is 0.0872. The van der Waals surface area contributed by atoms with E-state index in [4.69, 9.17) is 9.84 Å². The molecule has 0 radical (unpaired) electrons. The van der Waals surface area contributed by atoms with Gasteiger partial charge in [0.05, 0.1) is 6.61 Å². The van der Waals surface area contributed by atoms with Gasteiger partial charge in [-0.15, -0.1) is 0 Å². The van der Waals surface area contributed by atoms with E-state index in [1.807, 2.05) is 0 Å². The number of hydrogen-bond donors (Lipinski definition) is 2. The van der Waals surface area contributed by atoms with E-state index in [2.05, 4.69) is 5.32 Å². The van der Waals surface area contributed by atoms with Gasteiger partial charge in [0.1, 0.15) is 5.41 Å². The Kier molecular flexibility index (Phi) is 3.05. The topological polar surface area (TPSA) is 58.6 Å². The molecule has 0 bridgehead atoms. The Labute approximate surface area is 71.9 Å². The zero-order valence-corrected chi connectivity index (χ0v) is 7.30. The Bertz CT molecular complexity index is 158. The van der Waals surface area contributed by atoms with Gasteiger partial charge in [-0.1, -0.05) is 0 Å². The maximum absolute atomic E-state index is 10.9.